The van der Waals surface area contributed by atoms with Crippen molar-refractivity contribution in [1.29, 1.82) is 0 Å². The first-order valence-corrected chi connectivity index (χ1v) is 12.4. The van der Waals surface area contributed by atoms with Crippen LogP contribution in [0.4, 0.5) is 0 Å². The lowest BCUT2D eigenvalue weighted by Gasteiger charge is -2.32. The van der Waals surface area contributed by atoms with Gasteiger partial charge in [-0.25, -0.2) is 0 Å². The maximum Gasteiger partial charge on any atom is 0.237 e. The van der Waals surface area contributed by atoms with Gasteiger partial charge in [0.1, 0.15) is 5.75 Å². The van der Waals surface area contributed by atoms with E-state index in [1.165, 1.54) is 15.8 Å². The molecule has 2 aliphatic rings. The number of fused-ring (bicyclic) bond motifs is 2. The quantitative estimate of drug-likeness (QED) is 0.368. The van der Waals surface area contributed by atoms with E-state index in [4.69, 9.17) is 4.74 Å². The highest BCUT2D eigenvalue weighted by Gasteiger charge is 2.40. The van der Waals surface area contributed by atoms with Crippen molar-refractivity contribution < 1.29 is 14.3 Å². The van der Waals surface area contributed by atoms with Crippen LogP contribution >= 0.6 is 12.4 Å². The van der Waals surface area contributed by atoms with Gasteiger partial charge in [0, 0.05) is 53.7 Å². The summed E-state index contributed by atoms with van der Waals surface area (Å²) in [5, 5.41) is 2.26. The van der Waals surface area contributed by atoms with Crippen molar-refractivity contribution in [1.82, 2.24) is 19.8 Å². The third-order valence-electron chi connectivity index (χ3n) is 7.83. The largest absolute Gasteiger partial charge is 0.497 e. The summed E-state index contributed by atoms with van der Waals surface area (Å²) in [5.41, 5.74) is 4.42. The summed E-state index contributed by atoms with van der Waals surface area (Å²) in [6, 6.07) is 14.1. The number of ether oxygens (including phenoxy) is 1. The van der Waals surface area contributed by atoms with Crippen LogP contribution in [0.3, 0.4) is 0 Å². The average Bonchev–Trinajstić information content (AvgIpc) is 3.58. The summed E-state index contributed by atoms with van der Waals surface area (Å²) < 4.78 is 5.42. The van der Waals surface area contributed by atoms with E-state index in [2.05, 4.69) is 33.2 Å². The fraction of sp³-hybridized carbons (Fsp3) is 0.357. The van der Waals surface area contributed by atoms with Crippen molar-refractivity contribution in [2.24, 2.45) is 0 Å². The molecule has 0 aliphatic carbocycles. The lowest BCUT2D eigenvalue weighted by Crippen LogP contribution is -2.41. The van der Waals surface area contributed by atoms with E-state index in [-0.39, 0.29) is 36.6 Å². The molecular weight excluding hydrogens is 476 g/mol. The van der Waals surface area contributed by atoms with Gasteiger partial charge in [0.2, 0.25) is 11.8 Å². The SMILES string of the molecule is COc1ccc2[nH]cc(C3CCN(CCN4C(=O)CC(c5c[nH]c6ccccc56)C4=O)CC3)c2c1.Cl. The van der Waals surface area contributed by atoms with Crippen molar-refractivity contribution >= 4 is 46.0 Å². The van der Waals surface area contributed by atoms with Crippen LogP contribution in [0.15, 0.2) is 54.9 Å². The zero-order valence-electron chi connectivity index (χ0n) is 20.3. The summed E-state index contributed by atoms with van der Waals surface area (Å²) in [7, 11) is 1.70. The number of benzene rings is 2. The second kappa shape index (κ2) is 9.99. The van der Waals surface area contributed by atoms with E-state index in [1.807, 2.05) is 36.5 Å². The lowest BCUT2D eigenvalue weighted by molar-refractivity contribution is -0.138. The number of H-pyrrole nitrogens is 2. The van der Waals surface area contributed by atoms with Crippen molar-refractivity contribution in [3.05, 3.63) is 66.0 Å². The standard InChI is InChI=1S/C28H30N4O3.ClH/c1-35-19-6-7-26-21(14-19)23(16-29-26)18-8-10-31(11-9-18)12-13-32-27(33)15-22(28(32)34)24-17-30-25-5-3-2-4-20(24)25;/h2-7,14,16-18,22,29-30H,8-13,15H2,1H3;1H. The summed E-state index contributed by atoms with van der Waals surface area (Å²) >= 11 is 0. The number of imide groups is 1. The number of aromatic amines is 2. The number of piperidine rings is 1. The number of nitrogens with zero attached hydrogens (tertiary/aromatic N) is 2. The Kier molecular flexibility index (Phi) is 6.77. The Morgan fingerprint density at radius 2 is 1.64 bits per heavy atom. The molecule has 2 fully saturated rings. The second-order valence-corrected chi connectivity index (χ2v) is 9.70. The molecule has 2 saturated heterocycles. The first-order chi connectivity index (χ1) is 17.1. The van der Waals surface area contributed by atoms with Crippen LogP contribution in [0.1, 0.15) is 42.2 Å². The molecule has 0 bridgehead atoms. The highest BCUT2D eigenvalue weighted by molar-refractivity contribution is 6.08. The van der Waals surface area contributed by atoms with Crippen LogP contribution in [-0.2, 0) is 9.59 Å². The monoisotopic (exact) mass is 506 g/mol. The topological polar surface area (TPSA) is 81.4 Å². The van der Waals surface area contributed by atoms with E-state index in [0.717, 1.165) is 60.2 Å². The van der Waals surface area contributed by atoms with Crippen molar-refractivity contribution in [3.8, 4) is 5.75 Å². The summed E-state index contributed by atoms with van der Waals surface area (Å²) in [6.45, 7) is 3.12. The lowest BCUT2D eigenvalue weighted by atomic mass is 9.89. The van der Waals surface area contributed by atoms with E-state index in [0.29, 0.717) is 12.5 Å². The minimum atomic E-state index is -0.386. The van der Waals surface area contributed by atoms with Gasteiger partial charge in [-0.2, -0.15) is 0 Å². The van der Waals surface area contributed by atoms with E-state index >= 15 is 0 Å². The number of amides is 2. The first kappa shape index (κ1) is 24.4. The zero-order valence-corrected chi connectivity index (χ0v) is 21.1. The van der Waals surface area contributed by atoms with Gasteiger partial charge in [0.15, 0.2) is 0 Å². The van der Waals surface area contributed by atoms with Gasteiger partial charge in [-0.3, -0.25) is 14.5 Å². The molecule has 188 valence electrons. The molecule has 0 spiro atoms. The van der Waals surface area contributed by atoms with Crippen molar-refractivity contribution in [3.63, 3.8) is 0 Å². The number of methoxy groups -OCH3 is 1. The molecule has 0 radical (unpaired) electrons. The Labute approximate surface area is 216 Å². The molecule has 2 N–H and O–H groups in total. The Morgan fingerprint density at radius 3 is 2.42 bits per heavy atom. The molecule has 2 amide bonds. The Balaban J connectivity index is 0.00000267. The summed E-state index contributed by atoms with van der Waals surface area (Å²) in [4.78, 5) is 36.4. The number of nitrogens with one attached hydrogen (secondary N) is 2. The average molecular weight is 507 g/mol. The molecule has 8 heteroatoms. The van der Waals surface area contributed by atoms with Gasteiger partial charge in [-0.1, -0.05) is 18.2 Å². The number of likely N-dealkylation sites (tertiary alicyclic amines) is 2. The van der Waals surface area contributed by atoms with Crippen LogP contribution in [0.25, 0.3) is 21.8 Å². The number of rotatable bonds is 6. The third-order valence-corrected chi connectivity index (χ3v) is 7.83. The number of halogens is 1. The van der Waals surface area contributed by atoms with Crippen molar-refractivity contribution in [2.75, 3.05) is 33.3 Å². The van der Waals surface area contributed by atoms with Gasteiger partial charge in [0.05, 0.1) is 13.0 Å². The third kappa shape index (κ3) is 4.27. The number of para-hydroxylation sites is 1. The van der Waals surface area contributed by atoms with Crippen LogP contribution in [0.5, 0.6) is 5.75 Å². The smallest absolute Gasteiger partial charge is 0.237 e. The molecule has 6 rings (SSSR count). The Bertz CT molecular complexity index is 1400. The molecule has 7 nitrogen and oxygen atoms in total. The Hall–Kier alpha value is -3.29. The predicted octanol–water partition coefficient (Wildman–Crippen LogP) is 4.80. The van der Waals surface area contributed by atoms with E-state index in [1.54, 1.807) is 7.11 Å². The van der Waals surface area contributed by atoms with Gasteiger partial charge < -0.3 is 19.6 Å². The molecule has 1 unspecified atom stereocenters. The van der Waals surface area contributed by atoms with Gasteiger partial charge in [-0.15, -0.1) is 12.4 Å². The van der Waals surface area contributed by atoms with E-state index < -0.39 is 0 Å². The minimum absolute atomic E-state index is 0. The predicted molar refractivity (Wildman–Crippen MR) is 143 cm³/mol. The number of hydrogen-bond donors (Lipinski definition) is 2. The minimum Gasteiger partial charge on any atom is -0.497 e. The molecule has 2 aromatic heterocycles. The van der Waals surface area contributed by atoms with Crippen molar-refractivity contribution in [2.45, 2.75) is 31.1 Å². The van der Waals surface area contributed by atoms with Crippen LogP contribution in [0.2, 0.25) is 0 Å². The van der Waals surface area contributed by atoms with Crippen LogP contribution < -0.4 is 4.74 Å². The molecule has 4 heterocycles. The number of carbonyl (C=O) groups is 2. The summed E-state index contributed by atoms with van der Waals surface area (Å²) in [6.07, 6.45) is 6.40. The first-order valence-electron chi connectivity index (χ1n) is 12.4. The molecule has 1 atom stereocenters. The second-order valence-electron chi connectivity index (χ2n) is 9.70. The maximum atomic E-state index is 13.2. The van der Waals surface area contributed by atoms with Gasteiger partial charge in [0.25, 0.3) is 0 Å². The number of aromatic nitrogens is 2. The molecule has 36 heavy (non-hydrogen) atoms. The zero-order chi connectivity index (χ0) is 23.9. The summed E-state index contributed by atoms with van der Waals surface area (Å²) in [5.74, 6) is 0.855. The fourth-order valence-corrected chi connectivity index (χ4v) is 5.84. The molecule has 4 aromatic rings. The van der Waals surface area contributed by atoms with Gasteiger partial charge >= 0.3 is 0 Å². The fourth-order valence-electron chi connectivity index (χ4n) is 5.84. The molecule has 2 aliphatic heterocycles. The number of hydrogen-bond acceptors (Lipinski definition) is 4. The van der Waals surface area contributed by atoms with Gasteiger partial charge in [-0.05, 0) is 67.2 Å². The van der Waals surface area contributed by atoms with Crippen LogP contribution in [0, 0.1) is 0 Å². The van der Waals surface area contributed by atoms with E-state index in [9.17, 15) is 9.59 Å². The Morgan fingerprint density at radius 1 is 0.917 bits per heavy atom. The maximum absolute atomic E-state index is 13.2. The number of carbonyl (C=O) groups excluding carboxylic acids is 2. The normalized spacial score (nSPS) is 19.4. The highest BCUT2D eigenvalue weighted by Crippen LogP contribution is 2.36. The molecular formula is C28H31ClN4O3. The molecule has 0 saturated carbocycles. The molecule has 2 aromatic carbocycles. The van der Waals surface area contributed by atoms with Crippen LogP contribution in [-0.4, -0.2) is 64.9 Å². The highest BCUT2D eigenvalue weighted by atomic mass is 35.5.